The molecule has 8 nitrogen and oxygen atoms in total. The van der Waals surface area contributed by atoms with Crippen LogP contribution in [-0.2, 0) is 22.4 Å². The van der Waals surface area contributed by atoms with Crippen molar-refractivity contribution in [2.75, 3.05) is 25.0 Å². The monoisotopic (exact) mass is 479 g/mol. The van der Waals surface area contributed by atoms with Crippen molar-refractivity contribution < 1.29 is 18.5 Å². The molecule has 0 aliphatic carbocycles. The summed E-state index contributed by atoms with van der Waals surface area (Å²) in [6.07, 6.45) is 3.08. The summed E-state index contributed by atoms with van der Waals surface area (Å²) in [5.41, 5.74) is 8.49. The Morgan fingerprint density at radius 2 is 1.89 bits per heavy atom. The topological polar surface area (TPSA) is 114 Å². The largest absolute Gasteiger partial charge is 0.369 e. The van der Waals surface area contributed by atoms with Gasteiger partial charge in [0.2, 0.25) is 23.5 Å². The fraction of sp³-hybridized carbons (Fsp3) is 0.385. The molecule has 35 heavy (non-hydrogen) atoms. The zero-order valence-electron chi connectivity index (χ0n) is 19.8. The Balaban J connectivity index is 1.20. The normalized spacial score (nSPS) is 14.7. The van der Waals surface area contributed by atoms with Gasteiger partial charge in [0, 0.05) is 36.6 Å². The van der Waals surface area contributed by atoms with Crippen molar-refractivity contribution in [1.29, 1.82) is 0 Å². The molecule has 1 aliphatic heterocycles. The zero-order chi connectivity index (χ0) is 24.8. The van der Waals surface area contributed by atoms with Gasteiger partial charge in [0.15, 0.2) is 0 Å². The van der Waals surface area contributed by atoms with Crippen LogP contribution >= 0.6 is 0 Å². The molecule has 2 aromatic carbocycles. The summed E-state index contributed by atoms with van der Waals surface area (Å²) in [4.78, 5) is 30.3. The van der Waals surface area contributed by atoms with E-state index in [1.807, 2.05) is 24.3 Å². The number of benzene rings is 2. The van der Waals surface area contributed by atoms with Gasteiger partial charge in [0.1, 0.15) is 5.82 Å². The van der Waals surface area contributed by atoms with Crippen molar-refractivity contribution in [2.24, 2.45) is 11.7 Å². The Bertz CT molecular complexity index is 1170. The van der Waals surface area contributed by atoms with E-state index in [2.05, 4.69) is 20.4 Å². The molecule has 0 spiro atoms. The zero-order valence-corrected chi connectivity index (χ0v) is 19.8. The fourth-order valence-electron chi connectivity index (χ4n) is 4.18. The number of piperidine rings is 1. The van der Waals surface area contributed by atoms with E-state index in [0.717, 1.165) is 44.6 Å². The number of primary amides is 1. The summed E-state index contributed by atoms with van der Waals surface area (Å²) in [6.45, 7) is 4.40. The first-order valence-electron chi connectivity index (χ1n) is 11.9. The number of hydrogen-bond donors (Lipinski definition) is 2. The van der Waals surface area contributed by atoms with Crippen molar-refractivity contribution in [1.82, 2.24) is 15.0 Å². The van der Waals surface area contributed by atoms with Crippen LogP contribution in [0.4, 0.5) is 10.1 Å². The van der Waals surface area contributed by atoms with Gasteiger partial charge in [0.05, 0.1) is 0 Å². The van der Waals surface area contributed by atoms with Crippen LogP contribution in [0.2, 0.25) is 0 Å². The fourth-order valence-corrected chi connectivity index (χ4v) is 4.18. The Kier molecular flexibility index (Phi) is 7.87. The lowest BCUT2D eigenvalue weighted by atomic mass is 9.96. The Morgan fingerprint density at radius 1 is 1.14 bits per heavy atom. The highest BCUT2D eigenvalue weighted by atomic mass is 19.1. The van der Waals surface area contributed by atoms with Gasteiger partial charge in [-0.25, -0.2) is 4.39 Å². The van der Waals surface area contributed by atoms with Gasteiger partial charge in [-0.15, -0.1) is 0 Å². The van der Waals surface area contributed by atoms with E-state index in [1.165, 1.54) is 11.6 Å². The smallest absolute Gasteiger partial charge is 0.227 e. The molecule has 3 aromatic rings. The second kappa shape index (κ2) is 11.2. The first-order valence-corrected chi connectivity index (χ1v) is 11.9. The molecule has 1 fully saturated rings. The van der Waals surface area contributed by atoms with Crippen LogP contribution in [0.5, 0.6) is 0 Å². The number of nitrogens with two attached hydrogens (primary N) is 1. The number of hydrogen-bond acceptors (Lipinski definition) is 6. The highest BCUT2D eigenvalue weighted by molar-refractivity contribution is 5.90. The highest BCUT2D eigenvalue weighted by Crippen LogP contribution is 2.20. The summed E-state index contributed by atoms with van der Waals surface area (Å²) < 4.78 is 18.7. The summed E-state index contributed by atoms with van der Waals surface area (Å²) >= 11 is 0. The van der Waals surface area contributed by atoms with Crippen LogP contribution in [0, 0.1) is 18.7 Å². The van der Waals surface area contributed by atoms with Crippen LogP contribution in [0.25, 0.3) is 11.4 Å². The molecular formula is C26H30FN5O3. The molecule has 3 N–H and O–H groups in total. The summed E-state index contributed by atoms with van der Waals surface area (Å²) in [5.74, 6) is 0.111. The maximum absolute atomic E-state index is 13.5. The number of nitrogens with zero attached hydrogens (tertiary/aromatic N) is 3. The quantitative estimate of drug-likeness (QED) is 0.486. The third-order valence-electron chi connectivity index (χ3n) is 6.39. The van der Waals surface area contributed by atoms with Crippen LogP contribution < -0.4 is 11.1 Å². The minimum Gasteiger partial charge on any atom is -0.369 e. The first-order chi connectivity index (χ1) is 16.9. The van der Waals surface area contributed by atoms with Crippen LogP contribution in [0.3, 0.4) is 0 Å². The second-order valence-electron chi connectivity index (χ2n) is 8.99. The van der Waals surface area contributed by atoms with Crippen molar-refractivity contribution in [3.63, 3.8) is 0 Å². The van der Waals surface area contributed by atoms with Gasteiger partial charge in [-0.05, 0) is 80.7 Å². The molecule has 4 rings (SSSR count). The molecule has 0 saturated carbocycles. The van der Waals surface area contributed by atoms with Crippen molar-refractivity contribution in [2.45, 2.75) is 39.0 Å². The number of aromatic nitrogens is 2. The third kappa shape index (κ3) is 6.73. The van der Waals surface area contributed by atoms with Gasteiger partial charge in [-0.1, -0.05) is 17.3 Å². The van der Waals surface area contributed by atoms with Crippen molar-refractivity contribution in [3.05, 3.63) is 65.3 Å². The second-order valence-corrected chi connectivity index (χ2v) is 8.99. The lowest BCUT2D eigenvalue weighted by Gasteiger charge is -2.30. The van der Waals surface area contributed by atoms with Crippen LogP contribution in [0.15, 0.2) is 47.0 Å². The van der Waals surface area contributed by atoms with E-state index in [0.29, 0.717) is 29.3 Å². The number of aryl methyl sites for hydroxylation is 2. The molecule has 1 saturated heterocycles. The van der Waals surface area contributed by atoms with E-state index in [9.17, 15) is 14.0 Å². The summed E-state index contributed by atoms with van der Waals surface area (Å²) in [7, 11) is 0. The lowest BCUT2D eigenvalue weighted by molar-refractivity contribution is -0.123. The molecule has 0 radical (unpaired) electrons. The van der Waals surface area contributed by atoms with Gasteiger partial charge in [0.25, 0.3) is 0 Å². The van der Waals surface area contributed by atoms with E-state index in [-0.39, 0.29) is 30.0 Å². The number of likely N-dealkylation sites (tertiary alicyclic amines) is 1. The number of halogens is 1. The molecule has 1 aliphatic rings. The average Bonchev–Trinajstić information content (AvgIpc) is 3.33. The SMILES string of the molecule is Cc1cc(-c2noc(CCC(=O)Nc3ccc(CCN4CCC(C(N)=O)CC4)cc3)n2)ccc1F. The molecular weight excluding hydrogens is 449 g/mol. The van der Waals surface area contributed by atoms with Gasteiger partial charge < -0.3 is 20.5 Å². The number of carbonyl (C=O) groups excluding carboxylic acids is 2. The molecule has 2 amide bonds. The van der Waals surface area contributed by atoms with Crippen molar-refractivity contribution >= 4 is 17.5 Å². The molecule has 0 unspecified atom stereocenters. The highest BCUT2D eigenvalue weighted by Gasteiger charge is 2.22. The number of carbonyl (C=O) groups is 2. The molecule has 9 heteroatoms. The van der Waals surface area contributed by atoms with Gasteiger partial charge >= 0.3 is 0 Å². The molecule has 184 valence electrons. The number of rotatable bonds is 9. The Hall–Kier alpha value is -3.59. The van der Waals surface area contributed by atoms with Crippen LogP contribution in [0.1, 0.15) is 36.3 Å². The average molecular weight is 480 g/mol. The van der Waals surface area contributed by atoms with Crippen LogP contribution in [-0.4, -0.2) is 46.5 Å². The van der Waals surface area contributed by atoms with Gasteiger partial charge in [-0.3, -0.25) is 9.59 Å². The molecule has 1 aromatic heterocycles. The minimum absolute atomic E-state index is 0.00935. The lowest BCUT2D eigenvalue weighted by Crippen LogP contribution is -2.39. The van der Waals surface area contributed by atoms with E-state index in [1.54, 1.807) is 19.1 Å². The third-order valence-corrected chi connectivity index (χ3v) is 6.39. The van der Waals surface area contributed by atoms with Gasteiger partial charge in [-0.2, -0.15) is 4.98 Å². The predicted molar refractivity (Wildman–Crippen MR) is 130 cm³/mol. The van der Waals surface area contributed by atoms with E-state index < -0.39 is 0 Å². The van der Waals surface area contributed by atoms with E-state index in [4.69, 9.17) is 10.3 Å². The van der Waals surface area contributed by atoms with Crippen molar-refractivity contribution in [3.8, 4) is 11.4 Å². The maximum atomic E-state index is 13.5. The van der Waals surface area contributed by atoms with E-state index >= 15 is 0 Å². The Labute approximate surface area is 203 Å². The minimum atomic E-state index is -0.288. The number of nitrogens with one attached hydrogen (secondary N) is 1. The maximum Gasteiger partial charge on any atom is 0.227 e. The Morgan fingerprint density at radius 3 is 2.57 bits per heavy atom. The number of anilines is 1. The predicted octanol–water partition coefficient (Wildman–Crippen LogP) is 3.50. The summed E-state index contributed by atoms with van der Waals surface area (Å²) in [5, 5.41) is 6.81. The first kappa shape index (κ1) is 24.5. The summed E-state index contributed by atoms with van der Waals surface area (Å²) in [6, 6.07) is 12.4. The molecule has 0 atom stereocenters. The molecule has 0 bridgehead atoms. The number of amides is 2. The standard InChI is InChI=1S/C26H30FN5O3/c1-17-16-20(4-7-22(17)27)26-30-24(35-31-26)9-8-23(33)29-21-5-2-18(3-6-21)10-13-32-14-11-19(12-15-32)25(28)34/h2-7,16,19H,8-15H2,1H3,(H2,28,34)(H,29,33). The molecule has 2 heterocycles.